The smallest absolute Gasteiger partial charge is 0.244 e. The van der Waals surface area contributed by atoms with Gasteiger partial charge < -0.3 is 10.2 Å². The standard InChI is InChI=1S/C20H30N6O/c1-14-18(15(2)24(3)22-14)12-26(17-6-7-17)20(27)13-25-10-8-19(23-25)16-5-4-9-21-11-16/h8,10,16-17,21H,4-7,9,11-13H2,1-3H3/t16-/m0/s1. The molecule has 1 aliphatic heterocycles. The molecule has 2 aromatic rings. The van der Waals surface area contributed by atoms with Crippen LogP contribution in [0.4, 0.5) is 0 Å². The highest BCUT2D eigenvalue weighted by molar-refractivity contribution is 5.76. The van der Waals surface area contributed by atoms with Gasteiger partial charge in [-0.1, -0.05) is 0 Å². The molecule has 2 aromatic heterocycles. The minimum atomic E-state index is 0.150. The molecule has 1 N–H and O–H groups in total. The highest BCUT2D eigenvalue weighted by Crippen LogP contribution is 2.30. The average Bonchev–Trinajstić information content (AvgIpc) is 3.34. The second-order valence-corrected chi connectivity index (χ2v) is 8.01. The van der Waals surface area contributed by atoms with Crippen LogP contribution < -0.4 is 5.32 Å². The third-order valence-electron chi connectivity index (χ3n) is 5.97. The van der Waals surface area contributed by atoms with Gasteiger partial charge in [0.15, 0.2) is 0 Å². The summed E-state index contributed by atoms with van der Waals surface area (Å²) >= 11 is 0. The minimum absolute atomic E-state index is 0.150. The van der Waals surface area contributed by atoms with Crippen LogP contribution in [0.5, 0.6) is 0 Å². The van der Waals surface area contributed by atoms with Gasteiger partial charge >= 0.3 is 0 Å². The molecular weight excluding hydrogens is 340 g/mol. The average molecular weight is 371 g/mol. The van der Waals surface area contributed by atoms with E-state index in [4.69, 9.17) is 5.10 Å². The molecular formula is C20H30N6O. The van der Waals surface area contributed by atoms with Crippen molar-refractivity contribution in [3.05, 3.63) is 34.9 Å². The predicted octanol–water partition coefficient (Wildman–Crippen LogP) is 1.89. The Morgan fingerprint density at radius 2 is 2.11 bits per heavy atom. The number of rotatable bonds is 6. The van der Waals surface area contributed by atoms with Crippen molar-refractivity contribution in [3.63, 3.8) is 0 Å². The molecule has 0 spiro atoms. The largest absolute Gasteiger partial charge is 0.334 e. The summed E-state index contributed by atoms with van der Waals surface area (Å²) in [5.74, 6) is 0.618. The van der Waals surface area contributed by atoms with Crippen LogP contribution in [-0.2, 0) is 24.9 Å². The lowest BCUT2D eigenvalue weighted by Gasteiger charge is -2.23. The first-order valence-electron chi connectivity index (χ1n) is 10.1. The molecule has 1 amide bonds. The van der Waals surface area contributed by atoms with E-state index in [0.717, 1.165) is 43.0 Å². The number of piperidine rings is 1. The number of nitrogens with zero attached hydrogens (tertiary/aromatic N) is 5. The van der Waals surface area contributed by atoms with E-state index >= 15 is 0 Å². The maximum atomic E-state index is 13.0. The number of carbonyl (C=O) groups is 1. The Bertz CT molecular complexity index is 813. The van der Waals surface area contributed by atoms with Gasteiger partial charge in [0.25, 0.3) is 0 Å². The van der Waals surface area contributed by atoms with E-state index in [2.05, 4.69) is 23.4 Å². The SMILES string of the molecule is Cc1nn(C)c(C)c1CN(C(=O)Cn1ccc([C@H]2CCCNC2)n1)C1CC1. The summed E-state index contributed by atoms with van der Waals surface area (Å²) < 4.78 is 3.71. The Balaban J connectivity index is 1.44. The molecule has 4 rings (SSSR count). The molecule has 0 radical (unpaired) electrons. The molecule has 1 atom stereocenters. The first-order chi connectivity index (χ1) is 13.0. The second kappa shape index (κ2) is 7.46. The number of carbonyl (C=O) groups excluding carboxylic acids is 1. The Hall–Kier alpha value is -2.15. The van der Waals surface area contributed by atoms with Crippen LogP contribution in [0.25, 0.3) is 0 Å². The first kappa shape index (κ1) is 18.2. The van der Waals surface area contributed by atoms with Gasteiger partial charge in [-0.05, 0) is 52.1 Å². The number of aryl methyl sites for hydroxylation is 2. The van der Waals surface area contributed by atoms with E-state index in [9.17, 15) is 4.79 Å². The van der Waals surface area contributed by atoms with Crippen LogP contribution in [0.15, 0.2) is 12.3 Å². The van der Waals surface area contributed by atoms with Crippen molar-refractivity contribution in [2.75, 3.05) is 13.1 Å². The molecule has 27 heavy (non-hydrogen) atoms. The van der Waals surface area contributed by atoms with Crippen molar-refractivity contribution in [1.82, 2.24) is 29.8 Å². The number of hydrogen-bond acceptors (Lipinski definition) is 4. The summed E-state index contributed by atoms with van der Waals surface area (Å²) in [6.45, 7) is 7.14. The summed E-state index contributed by atoms with van der Waals surface area (Å²) in [5.41, 5.74) is 4.43. The number of nitrogens with one attached hydrogen (secondary N) is 1. The van der Waals surface area contributed by atoms with Gasteiger partial charge in [0.1, 0.15) is 6.54 Å². The Labute approximate surface area is 160 Å². The molecule has 3 heterocycles. The third-order valence-corrected chi connectivity index (χ3v) is 5.97. The monoisotopic (exact) mass is 370 g/mol. The fourth-order valence-electron chi connectivity index (χ4n) is 4.04. The van der Waals surface area contributed by atoms with E-state index in [0.29, 0.717) is 25.0 Å². The van der Waals surface area contributed by atoms with Crippen molar-refractivity contribution in [2.45, 2.75) is 64.6 Å². The summed E-state index contributed by atoms with van der Waals surface area (Å²) in [6.07, 6.45) is 6.51. The molecule has 7 nitrogen and oxygen atoms in total. The lowest BCUT2D eigenvalue weighted by atomic mass is 9.97. The summed E-state index contributed by atoms with van der Waals surface area (Å²) in [4.78, 5) is 15.1. The molecule has 0 aromatic carbocycles. The topological polar surface area (TPSA) is 68.0 Å². The van der Waals surface area contributed by atoms with Crippen LogP contribution in [0.3, 0.4) is 0 Å². The van der Waals surface area contributed by atoms with Crippen LogP contribution in [0.1, 0.15) is 54.2 Å². The molecule has 7 heteroatoms. The fraction of sp³-hybridized carbons (Fsp3) is 0.650. The van der Waals surface area contributed by atoms with Crippen molar-refractivity contribution >= 4 is 5.91 Å². The lowest BCUT2D eigenvalue weighted by Crippen LogP contribution is -2.35. The van der Waals surface area contributed by atoms with E-state index in [1.807, 2.05) is 34.4 Å². The van der Waals surface area contributed by atoms with Crippen LogP contribution in [0, 0.1) is 13.8 Å². The molecule has 1 aliphatic carbocycles. The zero-order chi connectivity index (χ0) is 19.0. The number of aromatic nitrogens is 4. The molecule has 0 unspecified atom stereocenters. The van der Waals surface area contributed by atoms with E-state index in [-0.39, 0.29) is 5.91 Å². The van der Waals surface area contributed by atoms with E-state index in [1.54, 1.807) is 0 Å². The van der Waals surface area contributed by atoms with Gasteiger partial charge in [0.2, 0.25) is 5.91 Å². The summed E-state index contributed by atoms with van der Waals surface area (Å²) in [6, 6.07) is 2.44. The maximum Gasteiger partial charge on any atom is 0.244 e. The van der Waals surface area contributed by atoms with Gasteiger partial charge in [-0.25, -0.2) is 0 Å². The van der Waals surface area contributed by atoms with Crippen LogP contribution in [0.2, 0.25) is 0 Å². The minimum Gasteiger partial charge on any atom is -0.334 e. The zero-order valence-electron chi connectivity index (χ0n) is 16.6. The van der Waals surface area contributed by atoms with Crippen LogP contribution >= 0.6 is 0 Å². The van der Waals surface area contributed by atoms with Crippen LogP contribution in [-0.4, -0.2) is 49.5 Å². The Morgan fingerprint density at radius 1 is 1.30 bits per heavy atom. The van der Waals surface area contributed by atoms with Gasteiger partial charge in [0, 0.05) is 49.6 Å². The Kier molecular flexibility index (Phi) is 5.04. The van der Waals surface area contributed by atoms with Crippen molar-refractivity contribution in [2.24, 2.45) is 7.05 Å². The fourth-order valence-corrected chi connectivity index (χ4v) is 4.04. The van der Waals surface area contributed by atoms with Crippen molar-refractivity contribution in [1.29, 1.82) is 0 Å². The van der Waals surface area contributed by atoms with E-state index in [1.165, 1.54) is 18.4 Å². The van der Waals surface area contributed by atoms with Crippen molar-refractivity contribution < 1.29 is 4.79 Å². The highest BCUT2D eigenvalue weighted by atomic mass is 16.2. The summed E-state index contributed by atoms with van der Waals surface area (Å²) in [7, 11) is 1.96. The van der Waals surface area contributed by atoms with Crippen molar-refractivity contribution in [3.8, 4) is 0 Å². The number of hydrogen-bond donors (Lipinski definition) is 1. The van der Waals surface area contributed by atoms with E-state index < -0.39 is 0 Å². The highest BCUT2D eigenvalue weighted by Gasteiger charge is 2.33. The summed E-state index contributed by atoms with van der Waals surface area (Å²) in [5, 5.41) is 12.6. The zero-order valence-corrected chi connectivity index (χ0v) is 16.6. The predicted molar refractivity (Wildman–Crippen MR) is 103 cm³/mol. The molecule has 1 saturated carbocycles. The van der Waals surface area contributed by atoms with Gasteiger partial charge in [-0.2, -0.15) is 10.2 Å². The molecule has 0 bridgehead atoms. The Morgan fingerprint density at radius 3 is 2.74 bits per heavy atom. The number of amides is 1. The molecule has 2 aliphatic rings. The maximum absolute atomic E-state index is 13.0. The molecule has 1 saturated heterocycles. The lowest BCUT2D eigenvalue weighted by molar-refractivity contribution is -0.133. The molecule has 2 fully saturated rings. The van der Waals surface area contributed by atoms with Gasteiger partial charge in [-0.3, -0.25) is 14.2 Å². The van der Waals surface area contributed by atoms with Gasteiger partial charge in [-0.15, -0.1) is 0 Å². The molecule has 146 valence electrons. The quantitative estimate of drug-likeness (QED) is 0.843. The first-order valence-corrected chi connectivity index (χ1v) is 10.1. The third kappa shape index (κ3) is 3.93. The normalized spacial score (nSPS) is 20.0. The van der Waals surface area contributed by atoms with Gasteiger partial charge in [0.05, 0.1) is 11.4 Å². The second-order valence-electron chi connectivity index (χ2n) is 8.01.